The van der Waals surface area contributed by atoms with Gasteiger partial charge in [-0.15, -0.1) is 0 Å². The Labute approximate surface area is 83.1 Å². The number of anilines is 1. The second-order valence-electron chi connectivity index (χ2n) is 2.52. The van der Waals surface area contributed by atoms with E-state index in [2.05, 4.69) is 16.4 Å². The Morgan fingerprint density at radius 2 is 2.54 bits per heavy atom. The van der Waals surface area contributed by atoms with E-state index in [1.165, 1.54) is 0 Å². The summed E-state index contributed by atoms with van der Waals surface area (Å²) in [6.45, 7) is 1.54. The molecular formula is C9H12ClN2O. The maximum absolute atomic E-state index is 5.83. The second-order valence-corrected chi connectivity index (χ2v) is 2.90. The summed E-state index contributed by atoms with van der Waals surface area (Å²) >= 11 is 5.83. The first-order chi connectivity index (χ1) is 6.34. The zero-order valence-corrected chi connectivity index (χ0v) is 8.27. The maximum atomic E-state index is 5.83. The molecule has 1 N–H and O–H groups in total. The fourth-order valence-electron chi connectivity index (χ4n) is 0.894. The molecule has 0 fully saturated rings. The molecule has 0 aliphatic rings. The van der Waals surface area contributed by atoms with Crippen LogP contribution in [0.3, 0.4) is 0 Å². The highest BCUT2D eigenvalue weighted by atomic mass is 35.5. The summed E-state index contributed by atoms with van der Waals surface area (Å²) in [5, 5.41) is 3.62. The third-order valence-corrected chi connectivity index (χ3v) is 1.80. The van der Waals surface area contributed by atoms with Gasteiger partial charge in [-0.3, -0.25) is 0 Å². The van der Waals surface area contributed by atoms with E-state index in [0.29, 0.717) is 10.8 Å². The molecule has 1 heterocycles. The van der Waals surface area contributed by atoms with Gasteiger partial charge in [0.2, 0.25) is 0 Å². The molecule has 1 aromatic rings. The Morgan fingerprint density at radius 1 is 1.69 bits per heavy atom. The molecule has 4 heteroatoms. The zero-order chi connectivity index (χ0) is 9.52. The van der Waals surface area contributed by atoms with Gasteiger partial charge in [0.1, 0.15) is 5.82 Å². The number of rotatable bonds is 5. The van der Waals surface area contributed by atoms with E-state index in [-0.39, 0.29) is 0 Å². The Morgan fingerprint density at radius 3 is 3.23 bits per heavy atom. The number of hydrogen-bond acceptors (Lipinski definition) is 3. The fraction of sp³-hybridized carbons (Fsp3) is 0.444. The highest BCUT2D eigenvalue weighted by Crippen LogP contribution is 2.16. The normalized spacial score (nSPS) is 10.0. The van der Waals surface area contributed by atoms with Crippen molar-refractivity contribution in [2.75, 3.05) is 25.6 Å². The molecule has 1 radical (unpaired) electrons. The predicted molar refractivity (Wildman–Crippen MR) is 53.1 cm³/mol. The molecule has 13 heavy (non-hydrogen) atoms. The average Bonchev–Trinajstić information content (AvgIpc) is 2.15. The lowest BCUT2D eigenvalue weighted by Crippen LogP contribution is -2.06. The molecule has 0 bridgehead atoms. The molecule has 0 spiro atoms. The smallest absolute Gasteiger partial charge is 0.145 e. The number of nitrogens with zero attached hydrogens (tertiary/aromatic N) is 1. The summed E-state index contributed by atoms with van der Waals surface area (Å²) in [6.07, 6.45) is 2.59. The van der Waals surface area contributed by atoms with Crippen molar-refractivity contribution < 1.29 is 4.74 Å². The van der Waals surface area contributed by atoms with Crippen LogP contribution in [0.1, 0.15) is 6.42 Å². The van der Waals surface area contributed by atoms with Crippen molar-refractivity contribution in [1.82, 2.24) is 4.98 Å². The molecule has 0 unspecified atom stereocenters. The summed E-state index contributed by atoms with van der Waals surface area (Å²) in [5.41, 5.74) is 0. The predicted octanol–water partition coefficient (Wildman–Crippen LogP) is 1.98. The van der Waals surface area contributed by atoms with E-state index in [0.717, 1.165) is 19.6 Å². The number of ether oxygens (including phenoxy) is 1. The molecule has 71 valence electrons. The largest absolute Gasteiger partial charge is 0.385 e. The van der Waals surface area contributed by atoms with Crippen LogP contribution in [0, 0.1) is 6.07 Å². The van der Waals surface area contributed by atoms with Crippen LogP contribution in [0.2, 0.25) is 5.02 Å². The summed E-state index contributed by atoms with van der Waals surface area (Å²) in [4.78, 5) is 4.06. The van der Waals surface area contributed by atoms with Gasteiger partial charge in [-0.1, -0.05) is 11.6 Å². The van der Waals surface area contributed by atoms with Crippen LogP contribution in [0.15, 0.2) is 12.3 Å². The van der Waals surface area contributed by atoms with Crippen LogP contribution >= 0.6 is 11.6 Å². The van der Waals surface area contributed by atoms with E-state index in [1.807, 2.05) is 0 Å². The van der Waals surface area contributed by atoms with Gasteiger partial charge in [-0.25, -0.2) is 4.98 Å². The van der Waals surface area contributed by atoms with Crippen molar-refractivity contribution in [2.24, 2.45) is 0 Å². The maximum Gasteiger partial charge on any atom is 0.145 e. The molecule has 1 rings (SSSR count). The van der Waals surface area contributed by atoms with Crippen LogP contribution in [0.5, 0.6) is 0 Å². The topological polar surface area (TPSA) is 34.1 Å². The fourth-order valence-corrected chi connectivity index (χ4v) is 1.07. The van der Waals surface area contributed by atoms with Gasteiger partial charge >= 0.3 is 0 Å². The highest BCUT2D eigenvalue weighted by Gasteiger charge is 1.98. The number of aromatic nitrogens is 1. The molecular weight excluding hydrogens is 188 g/mol. The second kappa shape index (κ2) is 5.78. The minimum absolute atomic E-state index is 0.528. The highest BCUT2D eigenvalue weighted by molar-refractivity contribution is 6.32. The molecule has 0 aliphatic heterocycles. The Bertz CT molecular complexity index is 255. The van der Waals surface area contributed by atoms with Crippen molar-refractivity contribution in [3.63, 3.8) is 0 Å². The SMILES string of the molecule is COCCCNc1ncc[c]c1Cl. The third kappa shape index (κ3) is 3.61. The van der Waals surface area contributed by atoms with Gasteiger partial charge in [-0.05, 0) is 12.5 Å². The van der Waals surface area contributed by atoms with Gasteiger partial charge in [0.15, 0.2) is 0 Å². The lowest BCUT2D eigenvalue weighted by molar-refractivity contribution is 0.198. The van der Waals surface area contributed by atoms with E-state index >= 15 is 0 Å². The quantitative estimate of drug-likeness (QED) is 0.737. The average molecular weight is 200 g/mol. The van der Waals surface area contributed by atoms with Crippen LogP contribution in [0.25, 0.3) is 0 Å². The van der Waals surface area contributed by atoms with E-state index in [1.54, 1.807) is 19.4 Å². The first-order valence-electron chi connectivity index (χ1n) is 4.09. The van der Waals surface area contributed by atoms with Gasteiger partial charge < -0.3 is 10.1 Å². The van der Waals surface area contributed by atoms with Crippen molar-refractivity contribution in [1.29, 1.82) is 0 Å². The van der Waals surface area contributed by atoms with Crippen LogP contribution < -0.4 is 5.32 Å². The summed E-state index contributed by atoms with van der Waals surface area (Å²) < 4.78 is 4.91. The third-order valence-electron chi connectivity index (χ3n) is 1.51. The summed E-state index contributed by atoms with van der Waals surface area (Å²) in [6, 6.07) is 4.53. The van der Waals surface area contributed by atoms with Crippen molar-refractivity contribution in [2.45, 2.75) is 6.42 Å². The van der Waals surface area contributed by atoms with E-state index in [9.17, 15) is 0 Å². The molecule has 0 aliphatic carbocycles. The number of pyridine rings is 1. The van der Waals surface area contributed by atoms with Gasteiger partial charge in [-0.2, -0.15) is 0 Å². The standard InChI is InChI=1S/C9H12ClN2O/c1-13-7-3-6-12-9-8(10)4-2-5-11-9/h2,5H,3,6-7H2,1H3,(H,11,12). The minimum Gasteiger partial charge on any atom is -0.385 e. The minimum atomic E-state index is 0.528. The molecule has 0 amide bonds. The van der Waals surface area contributed by atoms with Crippen LogP contribution in [-0.2, 0) is 4.74 Å². The first-order valence-corrected chi connectivity index (χ1v) is 4.47. The lowest BCUT2D eigenvalue weighted by Gasteiger charge is -2.05. The van der Waals surface area contributed by atoms with Gasteiger partial charge in [0.25, 0.3) is 0 Å². The van der Waals surface area contributed by atoms with Crippen LogP contribution in [-0.4, -0.2) is 25.2 Å². The van der Waals surface area contributed by atoms with E-state index < -0.39 is 0 Å². The number of hydrogen-bond donors (Lipinski definition) is 1. The molecule has 0 atom stereocenters. The summed E-state index contributed by atoms with van der Waals surface area (Å²) in [7, 11) is 1.68. The van der Waals surface area contributed by atoms with Crippen molar-refractivity contribution >= 4 is 17.4 Å². The van der Waals surface area contributed by atoms with Crippen molar-refractivity contribution in [3.8, 4) is 0 Å². The Balaban J connectivity index is 2.32. The lowest BCUT2D eigenvalue weighted by atomic mass is 10.4. The van der Waals surface area contributed by atoms with Gasteiger partial charge in [0, 0.05) is 32.5 Å². The number of nitrogens with one attached hydrogen (secondary N) is 1. The Hall–Kier alpha value is -0.800. The van der Waals surface area contributed by atoms with Gasteiger partial charge in [0.05, 0.1) is 5.02 Å². The van der Waals surface area contributed by atoms with Crippen LogP contribution in [0.4, 0.5) is 5.82 Å². The molecule has 0 aromatic carbocycles. The van der Waals surface area contributed by atoms with E-state index in [4.69, 9.17) is 16.3 Å². The molecule has 0 saturated carbocycles. The number of halogens is 1. The number of methoxy groups -OCH3 is 1. The molecule has 3 nitrogen and oxygen atoms in total. The first kappa shape index (κ1) is 10.3. The monoisotopic (exact) mass is 199 g/mol. The Kier molecular flexibility index (Phi) is 4.57. The summed E-state index contributed by atoms with van der Waals surface area (Å²) in [5.74, 6) is 0.681. The molecule has 0 saturated heterocycles. The zero-order valence-electron chi connectivity index (χ0n) is 7.51. The molecule has 1 aromatic heterocycles. The van der Waals surface area contributed by atoms with Crippen molar-refractivity contribution in [3.05, 3.63) is 23.4 Å².